The van der Waals surface area contributed by atoms with Gasteiger partial charge in [0.15, 0.2) is 0 Å². The summed E-state index contributed by atoms with van der Waals surface area (Å²) in [4.78, 5) is 27.0. The fourth-order valence-electron chi connectivity index (χ4n) is 1.48. The number of aromatic nitrogens is 1. The Morgan fingerprint density at radius 1 is 1.10 bits per heavy atom. The van der Waals surface area contributed by atoms with Crippen LogP contribution >= 0.6 is 0 Å². The van der Waals surface area contributed by atoms with Gasteiger partial charge in [0.2, 0.25) is 0 Å². The van der Waals surface area contributed by atoms with Gasteiger partial charge in [0.05, 0.1) is 6.21 Å². The normalized spacial score (nSPS) is 10.3. The molecule has 2 amide bonds. The molecular formula is C15H14N4O2. The molecule has 6 nitrogen and oxygen atoms in total. The summed E-state index contributed by atoms with van der Waals surface area (Å²) in [5, 5.41) is 6.09. The van der Waals surface area contributed by atoms with Crippen LogP contribution < -0.4 is 10.7 Å². The summed E-state index contributed by atoms with van der Waals surface area (Å²) in [6.07, 6.45) is 2.98. The highest BCUT2D eigenvalue weighted by Crippen LogP contribution is 2.00. The zero-order chi connectivity index (χ0) is 15.1. The predicted octanol–water partition coefficient (Wildman–Crippen LogP) is 1.48. The molecule has 21 heavy (non-hydrogen) atoms. The molecular weight excluding hydrogens is 268 g/mol. The van der Waals surface area contributed by atoms with Crippen LogP contribution in [0.4, 0.5) is 5.82 Å². The topological polar surface area (TPSA) is 83.5 Å². The van der Waals surface area contributed by atoms with Crippen molar-refractivity contribution in [2.24, 2.45) is 5.10 Å². The number of aryl methyl sites for hydroxylation is 1. The first kappa shape index (κ1) is 14.4. The number of rotatable bonds is 3. The van der Waals surface area contributed by atoms with Gasteiger partial charge in [-0.05, 0) is 24.6 Å². The molecule has 0 atom stereocenters. The summed E-state index contributed by atoms with van der Waals surface area (Å²) >= 11 is 0. The number of carbonyl (C=O) groups excluding carboxylic acids is 2. The van der Waals surface area contributed by atoms with Crippen molar-refractivity contribution in [3.05, 3.63) is 59.8 Å². The average molecular weight is 282 g/mol. The van der Waals surface area contributed by atoms with Crippen molar-refractivity contribution >= 4 is 23.8 Å². The summed E-state index contributed by atoms with van der Waals surface area (Å²) in [5.41, 5.74) is 4.11. The molecule has 0 aliphatic heterocycles. The second-order valence-electron chi connectivity index (χ2n) is 4.28. The molecule has 2 aromatic rings. The highest BCUT2D eigenvalue weighted by atomic mass is 16.2. The zero-order valence-electron chi connectivity index (χ0n) is 11.4. The molecule has 2 N–H and O–H groups in total. The number of anilines is 1. The molecule has 0 saturated carbocycles. The van der Waals surface area contributed by atoms with Crippen LogP contribution in [0.2, 0.25) is 0 Å². The molecule has 0 saturated heterocycles. The number of nitrogens with one attached hydrogen (secondary N) is 2. The van der Waals surface area contributed by atoms with Crippen molar-refractivity contribution in [2.75, 3.05) is 5.32 Å². The van der Waals surface area contributed by atoms with E-state index >= 15 is 0 Å². The number of nitrogens with zero attached hydrogens (tertiary/aromatic N) is 2. The van der Waals surface area contributed by atoms with Gasteiger partial charge in [0.25, 0.3) is 0 Å². The highest BCUT2D eigenvalue weighted by molar-refractivity contribution is 6.39. The summed E-state index contributed by atoms with van der Waals surface area (Å²) in [7, 11) is 0. The Labute approximate surface area is 121 Å². The van der Waals surface area contributed by atoms with Gasteiger partial charge < -0.3 is 5.32 Å². The largest absolute Gasteiger partial charge is 0.329 e. The van der Waals surface area contributed by atoms with Crippen molar-refractivity contribution in [1.82, 2.24) is 10.4 Å². The van der Waals surface area contributed by atoms with Crippen LogP contribution in [-0.2, 0) is 9.59 Å². The number of hydrogen-bond acceptors (Lipinski definition) is 4. The lowest BCUT2D eigenvalue weighted by molar-refractivity contribution is -0.136. The third kappa shape index (κ3) is 4.54. The second-order valence-corrected chi connectivity index (χ2v) is 4.28. The number of carbonyl (C=O) groups is 2. The van der Waals surface area contributed by atoms with Crippen molar-refractivity contribution < 1.29 is 9.59 Å². The molecule has 1 heterocycles. The van der Waals surface area contributed by atoms with Crippen molar-refractivity contribution in [2.45, 2.75) is 6.92 Å². The molecule has 0 aliphatic carbocycles. The monoisotopic (exact) mass is 282 g/mol. The molecule has 6 heteroatoms. The second kappa shape index (κ2) is 6.95. The van der Waals surface area contributed by atoms with Gasteiger partial charge in [-0.3, -0.25) is 9.59 Å². The van der Waals surface area contributed by atoms with Crippen LogP contribution in [0.1, 0.15) is 11.1 Å². The van der Waals surface area contributed by atoms with Crippen LogP contribution in [0.15, 0.2) is 53.8 Å². The lowest BCUT2D eigenvalue weighted by Gasteiger charge is -2.02. The molecule has 0 aliphatic rings. The first-order chi connectivity index (χ1) is 10.1. The van der Waals surface area contributed by atoms with Gasteiger partial charge in [0.1, 0.15) is 5.82 Å². The average Bonchev–Trinajstić information content (AvgIpc) is 2.50. The molecule has 106 valence electrons. The number of amides is 2. The standard InChI is InChI=1S/C15H14N4O2/c1-11-5-7-12(8-6-11)10-17-19-15(21)14(20)18-13-4-2-3-9-16-13/h2-10H,1H3,(H,19,21)(H,16,18,20)/b17-10-. The van der Waals surface area contributed by atoms with E-state index in [-0.39, 0.29) is 0 Å². The maximum Gasteiger partial charge on any atom is 0.329 e. The van der Waals surface area contributed by atoms with Crippen LogP contribution in [0.3, 0.4) is 0 Å². The van der Waals surface area contributed by atoms with Gasteiger partial charge >= 0.3 is 11.8 Å². The number of pyridine rings is 1. The first-order valence-corrected chi connectivity index (χ1v) is 6.27. The van der Waals surface area contributed by atoms with Gasteiger partial charge in [0, 0.05) is 6.20 Å². The number of benzene rings is 1. The predicted molar refractivity (Wildman–Crippen MR) is 79.8 cm³/mol. The molecule has 0 spiro atoms. The third-order valence-corrected chi connectivity index (χ3v) is 2.57. The van der Waals surface area contributed by atoms with Gasteiger partial charge in [-0.1, -0.05) is 35.9 Å². The molecule has 0 radical (unpaired) electrons. The summed E-state index contributed by atoms with van der Waals surface area (Å²) in [6.45, 7) is 1.98. The third-order valence-electron chi connectivity index (χ3n) is 2.57. The molecule has 2 rings (SSSR count). The van der Waals surface area contributed by atoms with E-state index < -0.39 is 11.8 Å². The van der Waals surface area contributed by atoms with Crippen molar-refractivity contribution in [1.29, 1.82) is 0 Å². The lowest BCUT2D eigenvalue weighted by Crippen LogP contribution is -2.32. The fraction of sp³-hybridized carbons (Fsp3) is 0.0667. The Hall–Kier alpha value is -3.02. The molecule has 1 aromatic heterocycles. The van der Waals surface area contributed by atoms with E-state index in [1.54, 1.807) is 18.2 Å². The maximum absolute atomic E-state index is 11.6. The van der Waals surface area contributed by atoms with E-state index in [1.807, 2.05) is 31.2 Å². The SMILES string of the molecule is Cc1ccc(/C=N\NC(=O)C(=O)Nc2ccccn2)cc1. The van der Waals surface area contributed by atoms with E-state index in [0.717, 1.165) is 11.1 Å². The summed E-state index contributed by atoms with van der Waals surface area (Å²) < 4.78 is 0. The molecule has 1 aromatic carbocycles. The van der Waals surface area contributed by atoms with Gasteiger partial charge in [-0.2, -0.15) is 5.10 Å². The Balaban J connectivity index is 1.86. The lowest BCUT2D eigenvalue weighted by atomic mass is 10.2. The minimum atomic E-state index is -0.857. The van der Waals surface area contributed by atoms with Gasteiger partial charge in [-0.15, -0.1) is 0 Å². The molecule has 0 unspecified atom stereocenters. The van der Waals surface area contributed by atoms with Gasteiger partial charge in [-0.25, -0.2) is 10.4 Å². The first-order valence-electron chi connectivity index (χ1n) is 6.27. The molecule has 0 fully saturated rings. The maximum atomic E-state index is 11.6. The Morgan fingerprint density at radius 2 is 1.86 bits per heavy atom. The minimum absolute atomic E-state index is 0.306. The van der Waals surface area contributed by atoms with E-state index in [9.17, 15) is 9.59 Å². The van der Waals surface area contributed by atoms with Crippen molar-refractivity contribution in [3.63, 3.8) is 0 Å². The van der Waals surface area contributed by atoms with Crippen LogP contribution in [0.5, 0.6) is 0 Å². The molecule has 0 bridgehead atoms. The van der Waals surface area contributed by atoms with Crippen LogP contribution in [-0.4, -0.2) is 23.0 Å². The van der Waals surface area contributed by atoms with Crippen molar-refractivity contribution in [3.8, 4) is 0 Å². The Bertz CT molecular complexity index is 651. The Kier molecular flexibility index (Phi) is 4.76. The van der Waals surface area contributed by atoms with E-state index in [0.29, 0.717) is 5.82 Å². The number of hydrogen-bond donors (Lipinski definition) is 2. The van der Waals surface area contributed by atoms with E-state index in [1.165, 1.54) is 12.4 Å². The highest BCUT2D eigenvalue weighted by Gasteiger charge is 2.12. The van der Waals surface area contributed by atoms with Crippen LogP contribution in [0, 0.1) is 6.92 Å². The smallest absolute Gasteiger partial charge is 0.302 e. The minimum Gasteiger partial charge on any atom is -0.302 e. The fourth-order valence-corrected chi connectivity index (χ4v) is 1.48. The summed E-state index contributed by atoms with van der Waals surface area (Å²) in [6, 6.07) is 12.6. The zero-order valence-corrected chi connectivity index (χ0v) is 11.4. The number of hydrazone groups is 1. The quantitative estimate of drug-likeness (QED) is 0.508. The Morgan fingerprint density at radius 3 is 2.52 bits per heavy atom. The summed E-state index contributed by atoms with van der Waals surface area (Å²) in [5.74, 6) is -1.38. The van der Waals surface area contributed by atoms with E-state index in [2.05, 4.69) is 20.8 Å². The van der Waals surface area contributed by atoms with Crippen LogP contribution in [0.25, 0.3) is 0 Å². The van der Waals surface area contributed by atoms with E-state index in [4.69, 9.17) is 0 Å².